The standard InChI is InChI=1S/C21H22O11/c22-5-7-1-9-14(11(25)2-7)17(28)15-10(3-8(24)4-12(15)26)21(9,31)20-19(30)18(29)16(27)13(6-23)32-20/h1-4,13,16,18-20,22-27,29-31H,5-6H2/t13-,16-,18+,19-,20+,21+/m1/s1. The molecule has 1 aliphatic carbocycles. The van der Waals surface area contributed by atoms with E-state index in [2.05, 4.69) is 0 Å². The molecule has 1 aliphatic heterocycles. The first-order valence-corrected chi connectivity index (χ1v) is 9.67. The maximum Gasteiger partial charge on any atom is 0.201 e. The van der Waals surface area contributed by atoms with Crippen LogP contribution in [0.5, 0.6) is 17.2 Å². The fourth-order valence-electron chi connectivity index (χ4n) is 4.49. The summed E-state index contributed by atoms with van der Waals surface area (Å²) in [5, 5.41) is 93.1. The van der Waals surface area contributed by atoms with Gasteiger partial charge in [-0.2, -0.15) is 0 Å². The average Bonchev–Trinajstić information content (AvgIpc) is 2.75. The number of carbonyl (C=O) groups excluding carboxylic acids is 1. The summed E-state index contributed by atoms with van der Waals surface area (Å²) >= 11 is 0. The van der Waals surface area contributed by atoms with Crippen molar-refractivity contribution in [3.05, 3.63) is 52.1 Å². The lowest BCUT2D eigenvalue weighted by molar-refractivity contribution is -0.265. The summed E-state index contributed by atoms with van der Waals surface area (Å²) in [6, 6.07) is 4.03. The van der Waals surface area contributed by atoms with Crippen molar-refractivity contribution in [2.45, 2.75) is 42.7 Å². The highest BCUT2D eigenvalue weighted by molar-refractivity contribution is 6.16. The third-order valence-electron chi connectivity index (χ3n) is 6.04. The zero-order chi connectivity index (χ0) is 23.5. The van der Waals surface area contributed by atoms with Gasteiger partial charge in [0.1, 0.15) is 53.4 Å². The topological polar surface area (TPSA) is 208 Å². The molecule has 1 fully saturated rings. The van der Waals surface area contributed by atoms with Crippen LogP contribution in [0.15, 0.2) is 24.3 Å². The fraction of sp³-hybridized carbons (Fsp3) is 0.381. The van der Waals surface area contributed by atoms with Gasteiger partial charge in [0, 0.05) is 17.2 Å². The number of phenols is 3. The van der Waals surface area contributed by atoms with Gasteiger partial charge in [-0.3, -0.25) is 4.79 Å². The predicted octanol–water partition coefficient (Wildman–Crippen LogP) is -2.08. The Morgan fingerprint density at radius 1 is 0.844 bits per heavy atom. The second kappa shape index (κ2) is 7.67. The molecule has 1 heterocycles. The number of hydrogen-bond acceptors (Lipinski definition) is 11. The van der Waals surface area contributed by atoms with Gasteiger partial charge in [-0.15, -0.1) is 0 Å². The van der Waals surface area contributed by atoms with Gasteiger partial charge in [-0.25, -0.2) is 0 Å². The normalized spacial score (nSPS) is 31.8. The number of ether oxygens (including phenoxy) is 1. The van der Waals surface area contributed by atoms with Gasteiger partial charge in [0.2, 0.25) is 5.78 Å². The van der Waals surface area contributed by atoms with Crippen LogP contribution in [0, 0.1) is 0 Å². The summed E-state index contributed by atoms with van der Waals surface area (Å²) in [6.07, 6.45) is -8.88. The van der Waals surface area contributed by atoms with E-state index in [4.69, 9.17) is 4.74 Å². The van der Waals surface area contributed by atoms with Gasteiger partial charge in [-0.1, -0.05) is 0 Å². The second-order valence-corrected chi connectivity index (χ2v) is 7.93. The molecule has 1 saturated heterocycles. The number of aromatic hydroxyl groups is 3. The van der Waals surface area contributed by atoms with E-state index in [1.807, 2.05) is 0 Å². The summed E-state index contributed by atoms with van der Waals surface area (Å²) < 4.78 is 5.54. The van der Waals surface area contributed by atoms with Gasteiger partial charge in [0.15, 0.2) is 0 Å². The molecule has 0 radical (unpaired) electrons. The molecule has 2 aliphatic rings. The predicted molar refractivity (Wildman–Crippen MR) is 104 cm³/mol. The summed E-state index contributed by atoms with van der Waals surface area (Å²) in [5.41, 5.74) is -4.23. The van der Waals surface area contributed by atoms with Crippen LogP contribution < -0.4 is 0 Å². The van der Waals surface area contributed by atoms with E-state index >= 15 is 0 Å². The van der Waals surface area contributed by atoms with Crippen LogP contribution in [-0.4, -0.2) is 88.9 Å². The number of aliphatic hydroxyl groups excluding tert-OH is 5. The Morgan fingerprint density at radius 3 is 2.03 bits per heavy atom. The van der Waals surface area contributed by atoms with Crippen molar-refractivity contribution < 1.29 is 55.5 Å². The average molecular weight is 450 g/mol. The van der Waals surface area contributed by atoms with Crippen LogP contribution in [0.1, 0.15) is 32.6 Å². The molecular formula is C21H22O11. The van der Waals surface area contributed by atoms with Crippen LogP contribution in [-0.2, 0) is 16.9 Å². The Bertz CT molecular complexity index is 1080. The van der Waals surface area contributed by atoms with Crippen molar-refractivity contribution >= 4 is 5.78 Å². The number of carbonyl (C=O) groups is 1. The molecule has 0 unspecified atom stereocenters. The van der Waals surface area contributed by atoms with Crippen LogP contribution >= 0.6 is 0 Å². The van der Waals surface area contributed by atoms with E-state index < -0.39 is 89.1 Å². The molecular weight excluding hydrogens is 428 g/mol. The van der Waals surface area contributed by atoms with Crippen molar-refractivity contribution in [2.75, 3.05) is 6.61 Å². The highest BCUT2D eigenvalue weighted by Crippen LogP contribution is 2.51. The van der Waals surface area contributed by atoms with Crippen molar-refractivity contribution in [3.8, 4) is 17.2 Å². The van der Waals surface area contributed by atoms with Gasteiger partial charge in [-0.05, 0) is 23.8 Å². The van der Waals surface area contributed by atoms with Gasteiger partial charge in [0.05, 0.1) is 24.3 Å². The van der Waals surface area contributed by atoms with E-state index in [9.17, 15) is 50.8 Å². The molecule has 11 nitrogen and oxygen atoms in total. The van der Waals surface area contributed by atoms with Crippen LogP contribution in [0.2, 0.25) is 0 Å². The number of benzene rings is 2. The molecule has 0 bridgehead atoms. The molecule has 4 rings (SSSR count). The number of hydrogen-bond donors (Lipinski definition) is 9. The lowest BCUT2D eigenvalue weighted by Crippen LogP contribution is -2.65. The monoisotopic (exact) mass is 450 g/mol. The van der Waals surface area contributed by atoms with Crippen molar-refractivity contribution in [1.29, 1.82) is 0 Å². The van der Waals surface area contributed by atoms with Crippen LogP contribution in [0.25, 0.3) is 0 Å². The van der Waals surface area contributed by atoms with Gasteiger partial charge >= 0.3 is 0 Å². The van der Waals surface area contributed by atoms with Gasteiger partial charge < -0.3 is 50.7 Å². The molecule has 9 N–H and O–H groups in total. The van der Waals surface area contributed by atoms with Crippen molar-refractivity contribution in [3.63, 3.8) is 0 Å². The van der Waals surface area contributed by atoms with Gasteiger partial charge in [0.25, 0.3) is 0 Å². The van der Waals surface area contributed by atoms with E-state index in [0.717, 1.165) is 18.2 Å². The largest absolute Gasteiger partial charge is 0.508 e. The molecule has 0 aromatic heterocycles. The molecule has 6 atom stereocenters. The second-order valence-electron chi connectivity index (χ2n) is 7.93. The SMILES string of the molecule is O=C1c2c(O)cc(O)cc2[C@](O)([C@H]2O[C@H](CO)[C@@H](O)[C@H](O)[C@H]2O)c2cc(CO)cc(O)c21. The Morgan fingerprint density at radius 2 is 1.44 bits per heavy atom. The molecule has 172 valence electrons. The molecule has 2 aromatic rings. The number of ketones is 1. The van der Waals surface area contributed by atoms with E-state index in [-0.39, 0.29) is 11.1 Å². The zero-order valence-electron chi connectivity index (χ0n) is 16.5. The van der Waals surface area contributed by atoms with Crippen LogP contribution in [0.3, 0.4) is 0 Å². The minimum absolute atomic E-state index is 0.0740. The lowest BCUT2D eigenvalue weighted by Gasteiger charge is -2.49. The number of fused-ring (bicyclic) bond motifs is 2. The lowest BCUT2D eigenvalue weighted by atomic mass is 9.68. The Kier molecular flexibility index (Phi) is 5.38. The number of rotatable bonds is 3. The maximum atomic E-state index is 13.1. The summed E-state index contributed by atoms with van der Waals surface area (Å²) in [7, 11) is 0. The summed E-state index contributed by atoms with van der Waals surface area (Å²) in [4.78, 5) is 13.1. The maximum absolute atomic E-state index is 13.1. The van der Waals surface area contributed by atoms with E-state index in [0.29, 0.717) is 0 Å². The molecule has 32 heavy (non-hydrogen) atoms. The molecule has 0 saturated carbocycles. The first-order chi connectivity index (χ1) is 15.1. The fourth-order valence-corrected chi connectivity index (χ4v) is 4.49. The highest BCUT2D eigenvalue weighted by atomic mass is 16.6. The molecule has 11 heteroatoms. The van der Waals surface area contributed by atoms with E-state index in [1.54, 1.807) is 0 Å². The number of aliphatic hydroxyl groups is 6. The highest BCUT2D eigenvalue weighted by Gasteiger charge is 2.58. The minimum Gasteiger partial charge on any atom is -0.508 e. The Labute approximate surface area is 180 Å². The van der Waals surface area contributed by atoms with Crippen molar-refractivity contribution in [1.82, 2.24) is 0 Å². The summed E-state index contributed by atoms with van der Waals surface area (Å²) in [6.45, 7) is -1.40. The van der Waals surface area contributed by atoms with E-state index in [1.165, 1.54) is 6.07 Å². The molecule has 0 amide bonds. The zero-order valence-corrected chi connectivity index (χ0v) is 16.5. The third kappa shape index (κ3) is 2.98. The third-order valence-corrected chi connectivity index (χ3v) is 6.04. The van der Waals surface area contributed by atoms with Crippen LogP contribution in [0.4, 0.5) is 0 Å². The molecule has 2 aromatic carbocycles. The Balaban J connectivity index is 2.06. The Hall–Kier alpha value is -2.77. The quantitative estimate of drug-likeness (QED) is 0.248. The first-order valence-electron chi connectivity index (χ1n) is 9.67. The summed E-state index contributed by atoms with van der Waals surface area (Å²) in [5.74, 6) is -2.84. The van der Waals surface area contributed by atoms with Crippen molar-refractivity contribution in [2.24, 2.45) is 0 Å². The molecule has 0 spiro atoms. The first kappa shape index (κ1) is 22.4. The smallest absolute Gasteiger partial charge is 0.201 e. The number of phenolic OH excluding ortho intramolecular Hbond substituents is 3. The minimum atomic E-state index is -2.59.